The third-order valence-electron chi connectivity index (χ3n) is 11.4. The number of anilines is 3. The number of fused-ring (bicyclic) bond motifs is 5. The smallest absolute Gasteiger partial charge is 0.227 e. The molecule has 0 aliphatic rings. The Hall–Kier alpha value is -8.51. The van der Waals surface area contributed by atoms with Crippen LogP contribution in [0.1, 0.15) is 5.56 Å². The molecule has 0 amide bonds. The van der Waals surface area contributed by atoms with Crippen LogP contribution >= 0.6 is 0 Å². The molecule has 0 N–H and O–H groups in total. The molecule has 0 saturated carbocycles. The zero-order valence-corrected chi connectivity index (χ0v) is 32.2. The second-order valence-corrected chi connectivity index (χ2v) is 15.1. The lowest BCUT2D eigenvalue weighted by molar-refractivity contribution is 0.620. The molecule has 0 saturated heterocycles. The fourth-order valence-electron chi connectivity index (χ4n) is 8.28. The number of nitriles is 1. The molecule has 0 bridgehead atoms. The van der Waals surface area contributed by atoms with Crippen LogP contribution in [-0.4, -0.2) is 4.98 Å². The average Bonchev–Trinajstić information content (AvgIpc) is 3.75. The van der Waals surface area contributed by atoms with Crippen LogP contribution < -0.4 is 4.90 Å². The lowest BCUT2D eigenvalue weighted by atomic mass is 9.97. The molecule has 278 valence electrons. The van der Waals surface area contributed by atoms with Gasteiger partial charge in [-0.2, -0.15) is 5.26 Å². The van der Waals surface area contributed by atoms with Gasteiger partial charge in [-0.1, -0.05) is 91.0 Å². The van der Waals surface area contributed by atoms with Gasteiger partial charge >= 0.3 is 0 Å². The number of nitrogens with zero attached hydrogens (tertiary/aromatic N) is 4. The summed E-state index contributed by atoms with van der Waals surface area (Å²) >= 11 is 0. The molecule has 1 heterocycles. The van der Waals surface area contributed by atoms with Crippen LogP contribution in [0.5, 0.6) is 0 Å². The summed E-state index contributed by atoms with van der Waals surface area (Å²) in [5, 5.41) is 18.3. The minimum atomic E-state index is 0.593. The van der Waals surface area contributed by atoms with Crippen LogP contribution in [-0.2, 0) is 0 Å². The van der Waals surface area contributed by atoms with Gasteiger partial charge < -0.3 is 9.32 Å². The first-order chi connectivity index (χ1) is 29.5. The normalized spacial score (nSPS) is 11.3. The summed E-state index contributed by atoms with van der Waals surface area (Å²) in [7, 11) is 0. The van der Waals surface area contributed by atoms with Gasteiger partial charge in [0.15, 0.2) is 11.3 Å². The molecule has 10 aromatic carbocycles. The second kappa shape index (κ2) is 14.1. The van der Waals surface area contributed by atoms with Gasteiger partial charge in [-0.3, -0.25) is 0 Å². The zero-order valence-electron chi connectivity index (χ0n) is 32.2. The van der Waals surface area contributed by atoms with Gasteiger partial charge in [0.25, 0.3) is 0 Å². The number of hydrogen-bond donors (Lipinski definition) is 0. The van der Waals surface area contributed by atoms with Gasteiger partial charge in [0, 0.05) is 22.6 Å². The fourth-order valence-corrected chi connectivity index (χ4v) is 8.28. The Morgan fingerprint density at radius 1 is 0.450 bits per heavy atom. The number of aromatic nitrogens is 1. The largest absolute Gasteiger partial charge is 0.436 e. The Balaban J connectivity index is 0.972. The van der Waals surface area contributed by atoms with E-state index in [0.717, 1.165) is 99.1 Å². The second-order valence-electron chi connectivity index (χ2n) is 15.1. The Kier molecular flexibility index (Phi) is 8.19. The quantitative estimate of drug-likeness (QED) is 0.158. The monoisotopic (exact) mass is 764 g/mol. The molecule has 5 nitrogen and oxygen atoms in total. The van der Waals surface area contributed by atoms with E-state index in [1.165, 1.54) is 0 Å². The molecule has 11 aromatic rings. The number of para-hydroxylation sites is 2. The molecule has 5 heteroatoms. The van der Waals surface area contributed by atoms with E-state index in [2.05, 4.69) is 149 Å². The van der Waals surface area contributed by atoms with Crippen molar-refractivity contribution in [2.75, 3.05) is 4.90 Å². The van der Waals surface area contributed by atoms with Crippen molar-refractivity contribution in [2.24, 2.45) is 0 Å². The molecular formula is C55H32N4O. The van der Waals surface area contributed by atoms with Crippen molar-refractivity contribution in [3.8, 4) is 39.8 Å². The van der Waals surface area contributed by atoms with E-state index in [0.29, 0.717) is 17.1 Å². The minimum Gasteiger partial charge on any atom is -0.436 e. The third kappa shape index (κ3) is 6.25. The molecule has 0 unspecified atom stereocenters. The first-order valence-electron chi connectivity index (χ1n) is 19.8. The molecule has 0 aliphatic heterocycles. The number of oxazole rings is 1. The van der Waals surface area contributed by atoms with Crippen molar-refractivity contribution in [1.82, 2.24) is 4.98 Å². The highest BCUT2D eigenvalue weighted by atomic mass is 16.3. The molecular weight excluding hydrogens is 733 g/mol. The van der Waals surface area contributed by atoms with E-state index in [-0.39, 0.29) is 0 Å². The van der Waals surface area contributed by atoms with Gasteiger partial charge in [0.1, 0.15) is 5.52 Å². The summed E-state index contributed by atoms with van der Waals surface area (Å²) < 4.78 is 6.12. The van der Waals surface area contributed by atoms with Crippen molar-refractivity contribution in [3.63, 3.8) is 0 Å². The van der Waals surface area contributed by atoms with E-state index in [9.17, 15) is 5.26 Å². The maximum Gasteiger partial charge on any atom is 0.227 e. The molecule has 0 aliphatic carbocycles. The number of benzene rings is 10. The van der Waals surface area contributed by atoms with E-state index in [4.69, 9.17) is 16.0 Å². The van der Waals surface area contributed by atoms with E-state index in [1.54, 1.807) is 0 Å². The van der Waals surface area contributed by atoms with E-state index in [1.807, 2.05) is 60.7 Å². The Labute approximate surface area is 346 Å². The summed E-state index contributed by atoms with van der Waals surface area (Å²) in [6.07, 6.45) is 0. The van der Waals surface area contributed by atoms with Crippen LogP contribution in [0.25, 0.3) is 92.7 Å². The summed E-state index contributed by atoms with van der Waals surface area (Å²) in [4.78, 5) is 10.6. The lowest BCUT2D eigenvalue weighted by Gasteiger charge is -2.26. The van der Waals surface area contributed by atoms with Crippen molar-refractivity contribution in [2.45, 2.75) is 0 Å². The number of rotatable bonds is 6. The molecule has 0 radical (unpaired) electrons. The van der Waals surface area contributed by atoms with Crippen LogP contribution in [0, 0.1) is 17.9 Å². The number of hydrogen-bond acceptors (Lipinski definition) is 4. The van der Waals surface area contributed by atoms with E-state index >= 15 is 0 Å². The van der Waals surface area contributed by atoms with Gasteiger partial charge in [0.05, 0.1) is 18.2 Å². The van der Waals surface area contributed by atoms with Crippen molar-refractivity contribution < 1.29 is 4.42 Å². The van der Waals surface area contributed by atoms with Crippen LogP contribution in [0.15, 0.2) is 199 Å². The molecule has 1 aromatic heterocycles. The van der Waals surface area contributed by atoms with Gasteiger partial charge in [0.2, 0.25) is 5.89 Å². The van der Waals surface area contributed by atoms with Crippen LogP contribution in [0.4, 0.5) is 22.7 Å². The van der Waals surface area contributed by atoms with Crippen LogP contribution in [0.2, 0.25) is 0 Å². The molecule has 0 spiro atoms. The van der Waals surface area contributed by atoms with Gasteiger partial charge in [-0.15, -0.1) is 0 Å². The molecule has 0 fully saturated rings. The SMILES string of the molecule is [C-]#[N+]c1ccc2cc(-c3ccc4cc(N(c5ccc(-c6nc7ccccc7o6)cc5)c5ccc6cc(-c7ccc8cc(C#N)ccc8c7)ccc6c5)ccc4c3)ccc2c1. The fraction of sp³-hybridized carbons (Fsp3) is 0. The highest BCUT2D eigenvalue weighted by Crippen LogP contribution is 2.40. The maximum atomic E-state index is 9.35. The van der Waals surface area contributed by atoms with Gasteiger partial charge in [-0.05, 0) is 168 Å². The summed E-state index contributed by atoms with van der Waals surface area (Å²) in [6, 6.07) is 69.6. The lowest BCUT2D eigenvalue weighted by Crippen LogP contribution is -2.10. The zero-order chi connectivity index (χ0) is 40.2. The Morgan fingerprint density at radius 3 is 1.45 bits per heavy atom. The Morgan fingerprint density at radius 2 is 0.900 bits per heavy atom. The van der Waals surface area contributed by atoms with Crippen molar-refractivity contribution >= 4 is 76.9 Å². The minimum absolute atomic E-state index is 0.593. The predicted molar refractivity (Wildman–Crippen MR) is 246 cm³/mol. The summed E-state index contributed by atoms with van der Waals surface area (Å²) in [6.45, 7) is 7.37. The molecule has 0 atom stereocenters. The van der Waals surface area contributed by atoms with Crippen LogP contribution in [0.3, 0.4) is 0 Å². The molecule has 60 heavy (non-hydrogen) atoms. The standard InChI is InChI=1S/C55H32N4O/c1-57-49-21-16-43-28-40(10-13-46(43)31-49)42-12-15-48-33-52(25-20-45(48)30-42)59(50-22-17-36(18-23-50)55-58-53-4-2-3-5-54(53)60-55)51-24-19-44-29-41(11-14-47(44)32-51)39-9-8-37-26-35(34-56)6-7-38(37)27-39/h2-33H. The van der Waals surface area contributed by atoms with Crippen molar-refractivity contribution in [1.29, 1.82) is 5.26 Å². The summed E-state index contributed by atoms with van der Waals surface area (Å²) in [5.74, 6) is 0.593. The summed E-state index contributed by atoms with van der Waals surface area (Å²) in [5.41, 5.74) is 11.5. The maximum absolute atomic E-state index is 9.35. The van der Waals surface area contributed by atoms with Crippen molar-refractivity contribution in [3.05, 3.63) is 211 Å². The highest BCUT2D eigenvalue weighted by molar-refractivity contribution is 5.97. The first kappa shape index (κ1) is 34.7. The third-order valence-corrected chi connectivity index (χ3v) is 11.4. The topological polar surface area (TPSA) is 57.4 Å². The Bertz CT molecular complexity index is 3380. The van der Waals surface area contributed by atoms with Gasteiger partial charge in [-0.25, -0.2) is 9.83 Å². The molecule has 11 rings (SSSR count). The predicted octanol–water partition coefficient (Wildman–Crippen LogP) is 15.3. The highest BCUT2D eigenvalue weighted by Gasteiger charge is 2.16. The first-order valence-corrected chi connectivity index (χ1v) is 19.8. The van der Waals surface area contributed by atoms with E-state index < -0.39 is 0 Å². The average molecular weight is 765 g/mol.